The maximum atomic E-state index is 5.21. The van der Waals surface area contributed by atoms with Crippen LogP contribution >= 0.6 is 0 Å². The fraction of sp³-hybridized carbons (Fsp3) is 0. The number of pyridine rings is 3. The predicted octanol–water partition coefficient (Wildman–Crippen LogP) is 20.7. The van der Waals surface area contributed by atoms with Crippen LogP contribution in [-0.2, 0) is 20.1 Å². The second kappa shape index (κ2) is 23.5. The Kier molecular flexibility index (Phi) is 14.6. The third kappa shape index (κ3) is 10.2. The molecule has 0 amide bonds. The van der Waals surface area contributed by atoms with E-state index in [1.807, 2.05) is 55.0 Å². The second-order valence-electron chi connectivity index (χ2n) is 21.2. The van der Waals surface area contributed by atoms with E-state index in [1.165, 1.54) is 5.56 Å². The van der Waals surface area contributed by atoms with Crippen LogP contribution in [-0.4, -0.2) is 19.5 Å². The maximum absolute atomic E-state index is 5.21. The van der Waals surface area contributed by atoms with E-state index in [0.29, 0.717) is 0 Å². The van der Waals surface area contributed by atoms with Crippen LogP contribution in [0.15, 0.2) is 310 Å². The van der Waals surface area contributed by atoms with Crippen molar-refractivity contribution in [3.8, 4) is 128 Å². The summed E-state index contributed by atoms with van der Waals surface area (Å²) >= 11 is 0. The number of aromatic nitrogens is 4. The van der Waals surface area contributed by atoms with Crippen LogP contribution in [0.5, 0.6) is 0 Å². The minimum Gasteiger partial charge on any atom is -0.310 e. The minimum absolute atomic E-state index is 0. The van der Waals surface area contributed by atoms with Gasteiger partial charge in [0.15, 0.2) is 0 Å². The number of para-hydroxylation sites is 2. The molecule has 0 N–H and O–H groups in total. The summed E-state index contributed by atoms with van der Waals surface area (Å²) in [6.07, 6.45) is 5.59. The van der Waals surface area contributed by atoms with E-state index < -0.39 is 0 Å². The molecule has 0 saturated carbocycles. The van der Waals surface area contributed by atoms with Gasteiger partial charge in [-0.2, -0.15) is 0 Å². The fourth-order valence-corrected chi connectivity index (χ4v) is 12.1. The Morgan fingerprint density at radius 2 is 0.721 bits per heavy atom. The van der Waals surface area contributed by atoms with Gasteiger partial charge in [-0.1, -0.05) is 227 Å². The average molecular weight is 1270 g/mol. The summed E-state index contributed by atoms with van der Waals surface area (Å²) in [5.74, 6) is 0. The van der Waals surface area contributed by atoms with E-state index in [9.17, 15) is 0 Å². The largest absolute Gasteiger partial charge is 3.00 e. The standard InChI is InChI=1S/C81H51N4.Ir/c1-3-19-55(20-4-1)56-33-35-59(36-34-56)75-54-62(81-80-74-29-13-14-32-78(74)85(79(80)47-50-84-81)66-21-5-2-6-22-66)45-46-73(75)72-28-12-11-27-71(72)65-52-63(69-25-9-7-23-67(69)57-37-41-60(42-38-57)76-30-15-17-48-82-76)51-64(53-65)70-26-10-8-24-68(70)58-39-43-61(44-40-58)77-31-16-18-49-83-77;/h1-41,43,46-54H;/q-3;+3. The van der Waals surface area contributed by atoms with Crippen LogP contribution in [0.2, 0.25) is 0 Å². The number of nitrogens with zero attached hydrogens (tertiary/aromatic N) is 4. The molecule has 4 nitrogen and oxygen atoms in total. The Morgan fingerprint density at radius 1 is 0.267 bits per heavy atom. The van der Waals surface area contributed by atoms with Crippen molar-refractivity contribution in [1.29, 1.82) is 0 Å². The van der Waals surface area contributed by atoms with Gasteiger partial charge in [-0.25, -0.2) is 0 Å². The number of hydrogen-bond donors (Lipinski definition) is 0. The van der Waals surface area contributed by atoms with Crippen LogP contribution in [0.3, 0.4) is 0 Å². The smallest absolute Gasteiger partial charge is 0.310 e. The molecule has 4 heterocycles. The molecule has 0 radical (unpaired) electrons. The van der Waals surface area contributed by atoms with Gasteiger partial charge in [-0.3, -0.25) is 0 Å². The first-order valence-electron chi connectivity index (χ1n) is 28.6. The van der Waals surface area contributed by atoms with Crippen molar-refractivity contribution in [2.45, 2.75) is 0 Å². The quantitative estimate of drug-likeness (QED) is 0.115. The summed E-state index contributed by atoms with van der Waals surface area (Å²) in [7, 11) is 0. The zero-order valence-electron chi connectivity index (χ0n) is 46.6. The van der Waals surface area contributed by atoms with Crippen LogP contribution < -0.4 is 0 Å². The summed E-state index contributed by atoms with van der Waals surface area (Å²) in [6.45, 7) is 0. The van der Waals surface area contributed by atoms with Crippen molar-refractivity contribution in [2.75, 3.05) is 0 Å². The molecule has 15 rings (SSSR count). The molecule has 404 valence electrons. The molecule has 0 unspecified atom stereocenters. The molecule has 0 aliphatic rings. The molecule has 0 aliphatic heterocycles. The van der Waals surface area contributed by atoms with Gasteiger partial charge in [0.05, 0.1) is 5.52 Å². The molecular formula is C81H51IrN4. The molecule has 0 aliphatic carbocycles. The van der Waals surface area contributed by atoms with E-state index in [-0.39, 0.29) is 20.1 Å². The topological polar surface area (TPSA) is 43.6 Å². The number of fused-ring (bicyclic) bond motifs is 3. The predicted molar refractivity (Wildman–Crippen MR) is 350 cm³/mol. The first kappa shape index (κ1) is 53.3. The van der Waals surface area contributed by atoms with E-state index in [2.05, 4.69) is 288 Å². The molecule has 0 atom stereocenters. The molecule has 5 heteroatoms. The van der Waals surface area contributed by atoms with E-state index in [1.54, 1.807) is 0 Å². The number of hydrogen-bond acceptors (Lipinski definition) is 3. The van der Waals surface area contributed by atoms with E-state index in [4.69, 9.17) is 4.98 Å². The fourth-order valence-electron chi connectivity index (χ4n) is 12.1. The summed E-state index contributed by atoms with van der Waals surface area (Å²) in [5, 5.41) is 2.23. The Morgan fingerprint density at radius 3 is 1.27 bits per heavy atom. The van der Waals surface area contributed by atoms with Gasteiger partial charge in [0.25, 0.3) is 0 Å². The Balaban J connectivity index is 0.00000653. The molecule has 86 heavy (non-hydrogen) atoms. The van der Waals surface area contributed by atoms with E-state index >= 15 is 0 Å². The molecule has 0 bridgehead atoms. The average Bonchev–Trinajstić information content (AvgIpc) is 1.80. The van der Waals surface area contributed by atoms with Crippen LogP contribution in [0.25, 0.3) is 150 Å². The number of rotatable bonds is 12. The second-order valence-corrected chi connectivity index (χ2v) is 21.2. The molecule has 4 aromatic heterocycles. The Hall–Kier alpha value is -10.7. The van der Waals surface area contributed by atoms with Gasteiger partial charge >= 0.3 is 20.1 Å². The molecule has 0 fully saturated rings. The van der Waals surface area contributed by atoms with Crippen molar-refractivity contribution in [1.82, 2.24) is 19.5 Å². The SMILES string of the molecule is [Ir+3].[c-]1cc(-c2ccccc2-c2cc(-c3ccccc3-c3c[c-]c(-c4ccccn4)cc3)cc(-c3ccccc3-c3c[c-]c(-c4nccc5c4c4ccccc4n5-c4ccccc4)cc3-c3ccc(-c4ccccc4)cc3)c2)ccc1-c1ccccn1. The Labute approximate surface area is 514 Å². The maximum Gasteiger partial charge on any atom is 3.00 e. The van der Waals surface area contributed by atoms with Gasteiger partial charge in [-0.15, -0.1) is 83.4 Å². The normalized spacial score (nSPS) is 11.2. The minimum atomic E-state index is 0. The molecule has 0 spiro atoms. The number of benzene rings is 11. The zero-order chi connectivity index (χ0) is 56.5. The van der Waals surface area contributed by atoms with Crippen LogP contribution in [0.4, 0.5) is 0 Å². The first-order valence-corrected chi connectivity index (χ1v) is 28.6. The molecule has 11 aromatic carbocycles. The zero-order valence-corrected chi connectivity index (χ0v) is 49.0. The Bertz CT molecular complexity index is 4740. The van der Waals surface area contributed by atoms with Gasteiger partial charge in [0.1, 0.15) is 0 Å². The molecular weight excluding hydrogens is 1220 g/mol. The van der Waals surface area contributed by atoms with Crippen LogP contribution in [0, 0.1) is 18.2 Å². The van der Waals surface area contributed by atoms with Gasteiger partial charge in [0, 0.05) is 35.2 Å². The molecule has 15 aromatic rings. The first-order chi connectivity index (χ1) is 42.2. The summed E-state index contributed by atoms with van der Waals surface area (Å²) < 4.78 is 2.35. The summed E-state index contributed by atoms with van der Waals surface area (Å²) in [5.41, 5.74) is 26.4. The van der Waals surface area contributed by atoms with Crippen molar-refractivity contribution in [2.24, 2.45) is 0 Å². The van der Waals surface area contributed by atoms with E-state index in [0.717, 1.165) is 145 Å². The van der Waals surface area contributed by atoms with Crippen LogP contribution in [0.1, 0.15) is 0 Å². The van der Waals surface area contributed by atoms with Crippen molar-refractivity contribution in [3.05, 3.63) is 328 Å². The summed E-state index contributed by atoms with van der Waals surface area (Å²) in [6, 6.07) is 115. The van der Waals surface area contributed by atoms with Gasteiger partial charge in [0.2, 0.25) is 0 Å². The molecule has 0 saturated heterocycles. The van der Waals surface area contributed by atoms with Gasteiger partial charge < -0.3 is 19.5 Å². The third-order valence-electron chi connectivity index (χ3n) is 16.2. The van der Waals surface area contributed by atoms with Gasteiger partial charge in [-0.05, 0) is 127 Å². The van der Waals surface area contributed by atoms with Crippen molar-refractivity contribution >= 4 is 21.8 Å². The van der Waals surface area contributed by atoms with Crippen molar-refractivity contribution in [3.63, 3.8) is 0 Å². The monoisotopic (exact) mass is 1270 g/mol. The van der Waals surface area contributed by atoms with Crippen molar-refractivity contribution < 1.29 is 20.1 Å². The third-order valence-corrected chi connectivity index (χ3v) is 16.2. The summed E-state index contributed by atoms with van der Waals surface area (Å²) in [4.78, 5) is 14.4.